The van der Waals surface area contributed by atoms with Crippen molar-refractivity contribution in [2.24, 2.45) is 45.8 Å². The van der Waals surface area contributed by atoms with Crippen LogP contribution in [0.15, 0.2) is 11.6 Å². The molecule has 4 saturated carbocycles. The van der Waals surface area contributed by atoms with Crippen molar-refractivity contribution < 1.29 is 15.1 Å². The lowest BCUT2D eigenvalue weighted by atomic mass is 9.56. The van der Waals surface area contributed by atoms with Crippen molar-refractivity contribution in [2.75, 3.05) is 6.54 Å². The van der Waals surface area contributed by atoms with Gasteiger partial charge in [0.05, 0.1) is 23.9 Å². The summed E-state index contributed by atoms with van der Waals surface area (Å²) < 4.78 is 7.16. The second-order valence-corrected chi connectivity index (χ2v) is 13.8. The maximum absolute atomic E-state index is 10.9. The van der Waals surface area contributed by atoms with Crippen molar-refractivity contribution in [1.82, 2.24) is 5.06 Å². The van der Waals surface area contributed by atoms with E-state index in [4.69, 9.17) is 4.74 Å². The molecule has 5 aliphatic carbocycles. The highest BCUT2D eigenvalue weighted by atomic mass is 16.5. The summed E-state index contributed by atoms with van der Waals surface area (Å²) in [5, 5.41) is 22.8. The molecular weight excluding hydrogens is 398 g/mol. The van der Waals surface area contributed by atoms with E-state index < -0.39 is 0 Å². The number of ether oxygens (including phenoxy) is 1. The number of aliphatic hydroxyl groups excluding tert-OH is 1. The summed E-state index contributed by atoms with van der Waals surface area (Å²) >= 11 is 0. The van der Waals surface area contributed by atoms with E-state index in [9.17, 15) is 10.3 Å². The summed E-state index contributed by atoms with van der Waals surface area (Å²) in [7, 11) is 0. The summed E-state index contributed by atoms with van der Waals surface area (Å²) in [5.74, 6) is 3.40. The third-order valence-corrected chi connectivity index (χ3v) is 12.9. The first-order chi connectivity index (χ1) is 15.2. The summed E-state index contributed by atoms with van der Waals surface area (Å²) in [6, 6.07) is 0.174. The van der Waals surface area contributed by atoms with Crippen LogP contribution < -0.4 is 0 Å². The zero-order valence-electron chi connectivity index (χ0n) is 20.5. The van der Waals surface area contributed by atoms with E-state index in [-0.39, 0.29) is 29.3 Å². The van der Waals surface area contributed by atoms with Gasteiger partial charge in [0.15, 0.2) is 0 Å². The quantitative estimate of drug-likeness (QED) is 0.509. The zero-order valence-corrected chi connectivity index (χ0v) is 20.5. The van der Waals surface area contributed by atoms with E-state index in [1.54, 1.807) is 10.6 Å². The Hall–Kier alpha value is -0.420. The highest BCUT2D eigenvalue weighted by Gasteiger charge is 2.84. The molecule has 4 heteroatoms. The van der Waals surface area contributed by atoms with Crippen molar-refractivity contribution >= 4 is 0 Å². The Labute approximate surface area is 193 Å². The molecule has 12 atom stereocenters. The lowest BCUT2D eigenvalue weighted by Crippen LogP contribution is -2.53. The number of allylic oxidation sites excluding steroid dienone is 1. The van der Waals surface area contributed by atoms with Crippen molar-refractivity contribution in [3.05, 3.63) is 11.6 Å². The molecule has 7 aliphatic rings. The monoisotopic (exact) mass is 441 g/mol. The zero-order chi connectivity index (χ0) is 22.3. The number of rotatable bonds is 0. The lowest BCUT2D eigenvalue weighted by Gasteiger charge is -2.50. The number of nitrogens with zero attached hydrogens (tertiary/aromatic N) is 1. The minimum absolute atomic E-state index is 0.0559. The van der Waals surface area contributed by atoms with Crippen LogP contribution in [0.4, 0.5) is 0 Å². The standard InChI is InChI=1S/C28H43NO3/c1-16-11-23-24(29(31)14-16)17(2)28(32-23)10-8-21-20-6-5-18-12-19(30)7-9-25(18,3)22(20)13-27(21)15-26(27,28)4/h12,16-17,19-24,30-31H,5-11,13-15H2,1-4H3/t16-,17+,19-,20-,21-,22-,23+,24-,25-,26?,27?,28+/m0/s1. The first kappa shape index (κ1) is 20.9. The van der Waals surface area contributed by atoms with Crippen LogP contribution in [-0.2, 0) is 4.74 Å². The molecule has 7 rings (SSSR count). The molecule has 6 fully saturated rings. The van der Waals surface area contributed by atoms with Gasteiger partial charge in [0.25, 0.3) is 0 Å². The summed E-state index contributed by atoms with van der Waals surface area (Å²) in [5.41, 5.74) is 2.53. The van der Waals surface area contributed by atoms with Gasteiger partial charge in [-0.15, -0.1) is 0 Å². The molecule has 0 radical (unpaired) electrons. The molecule has 2 heterocycles. The van der Waals surface area contributed by atoms with Crippen molar-refractivity contribution in [1.29, 1.82) is 0 Å². The SMILES string of the molecule is C[C@H]1C[C@H]2O[C@]3(CC[C@H]4[C@@H]5CCC6=C[C@@H](O)CC[C@]6(C)[C@H]5CC45CC53C)[C@H](C)[C@@H]2N(O)C1. The van der Waals surface area contributed by atoms with E-state index in [0.717, 1.165) is 37.1 Å². The molecule has 2 spiro atoms. The first-order valence-corrected chi connectivity index (χ1v) is 13.7. The average Bonchev–Trinajstić information content (AvgIpc) is 3.06. The maximum Gasteiger partial charge on any atom is 0.0788 e. The summed E-state index contributed by atoms with van der Waals surface area (Å²) in [4.78, 5) is 0. The second kappa shape index (κ2) is 6.22. The molecule has 0 aromatic heterocycles. The minimum Gasteiger partial charge on any atom is -0.389 e. The van der Waals surface area contributed by atoms with Crippen LogP contribution in [0.2, 0.25) is 0 Å². The molecule has 0 aromatic rings. The predicted octanol–water partition coefficient (Wildman–Crippen LogP) is 5.18. The van der Waals surface area contributed by atoms with Crippen LogP contribution in [0.25, 0.3) is 0 Å². The van der Waals surface area contributed by atoms with Gasteiger partial charge in [-0.3, -0.25) is 0 Å². The molecule has 2 unspecified atom stereocenters. The Morgan fingerprint density at radius 2 is 1.91 bits per heavy atom. The Kier molecular flexibility index (Phi) is 4.07. The Morgan fingerprint density at radius 1 is 1.09 bits per heavy atom. The number of aliphatic hydroxyl groups is 1. The van der Waals surface area contributed by atoms with Crippen LogP contribution in [0.1, 0.15) is 85.5 Å². The lowest BCUT2D eigenvalue weighted by molar-refractivity contribution is -0.182. The van der Waals surface area contributed by atoms with Crippen molar-refractivity contribution in [2.45, 2.75) is 109 Å². The number of hydroxylamine groups is 2. The van der Waals surface area contributed by atoms with E-state index in [1.165, 1.54) is 44.9 Å². The van der Waals surface area contributed by atoms with Gasteiger partial charge in [0.2, 0.25) is 0 Å². The van der Waals surface area contributed by atoms with Gasteiger partial charge < -0.3 is 15.1 Å². The number of fused-ring (bicyclic) bond motifs is 6. The van der Waals surface area contributed by atoms with Gasteiger partial charge in [-0.05, 0) is 92.3 Å². The molecule has 2 saturated heterocycles. The minimum atomic E-state index is -0.217. The molecule has 178 valence electrons. The normalized spacial score (nSPS) is 63.1. The van der Waals surface area contributed by atoms with Gasteiger partial charge in [0, 0.05) is 17.9 Å². The van der Waals surface area contributed by atoms with Crippen LogP contribution in [0.5, 0.6) is 0 Å². The topological polar surface area (TPSA) is 52.9 Å². The molecule has 0 bridgehead atoms. The molecule has 0 aromatic carbocycles. The fourth-order valence-electron chi connectivity index (χ4n) is 11.4. The third kappa shape index (κ3) is 2.21. The average molecular weight is 442 g/mol. The third-order valence-electron chi connectivity index (χ3n) is 12.9. The van der Waals surface area contributed by atoms with Gasteiger partial charge in [-0.1, -0.05) is 39.3 Å². The highest BCUT2D eigenvalue weighted by molar-refractivity contribution is 5.35. The molecule has 4 nitrogen and oxygen atoms in total. The van der Waals surface area contributed by atoms with Crippen LogP contribution in [-0.4, -0.2) is 45.8 Å². The van der Waals surface area contributed by atoms with E-state index in [0.29, 0.717) is 22.7 Å². The maximum atomic E-state index is 10.9. The molecule has 2 aliphatic heterocycles. The van der Waals surface area contributed by atoms with E-state index >= 15 is 0 Å². The number of hydrogen-bond donors (Lipinski definition) is 2. The van der Waals surface area contributed by atoms with E-state index in [1.807, 2.05) is 0 Å². The van der Waals surface area contributed by atoms with Crippen molar-refractivity contribution in [3.63, 3.8) is 0 Å². The summed E-state index contributed by atoms with van der Waals surface area (Å²) in [6.07, 6.45) is 13.2. The van der Waals surface area contributed by atoms with Gasteiger partial charge in [0.1, 0.15) is 0 Å². The Bertz CT molecular complexity index is 873. The smallest absolute Gasteiger partial charge is 0.0788 e. The van der Waals surface area contributed by atoms with Crippen LogP contribution >= 0.6 is 0 Å². The fraction of sp³-hybridized carbons (Fsp3) is 0.929. The number of piperidine rings is 1. The summed E-state index contributed by atoms with van der Waals surface area (Å²) in [6.45, 7) is 10.6. The van der Waals surface area contributed by atoms with Gasteiger partial charge >= 0.3 is 0 Å². The predicted molar refractivity (Wildman–Crippen MR) is 123 cm³/mol. The van der Waals surface area contributed by atoms with E-state index in [2.05, 4.69) is 33.8 Å². The van der Waals surface area contributed by atoms with Gasteiger partial charge in [-0.25, -0.2) is 0 Å². The van der Waals surface area contributed by atoms with Crippen LogP contribution in [0, 0.1) is 45.8 Å². The molecule has 0 amide bonds. The second-order valence-electron chi connectivity index (χ2n) is 13.8. The Morgan fingerprint density at radius 3 is 2.72 bits per heavy atom. The van der Waals surface area contributed by atoms with Crippen LogP contribution in [0.3, 0.4) is 0 Å². The first-order valence-electron chi connectivity index (χ1n) is 13.7. The largest absolute Gasteiger partial charge is 0.389 e. The molecule has 32 heavy (non-hydrogen) atoms. The molecular formula is C28H43NO3. The fourth-order valence-corrected chi connectivity index (χ4v) is 11.4. The highest BCUT2D eigenvalue weighted by Crippen LogP contribution is 2.87. The number of hydrogen-bond acceptors (Lipinski definition) is 4. The molecule has 2 N–H and O–H groups in total. The Balaban J connectivity index is 1.24. The van der Waals surface area contributed by atoms with Crippen molar-refractivity contribution in [3.8, 4) is 0 Å². The van der Waals surface area contributed by atoms with Gasteiger partial charge in [-0.2, -0.15) is 5.06 Å².